The van der Waals surface area contributed by atoms with Crippen LogP contribution < -0.4 is 5.73 Å². The van der Waals surface area contributed by atoms with Gasteiger partial charge in [-0.05, 0) is 29.7 Å². The highest BCUT2D eigenvalue weighted by atomic mass is 19.2. The van der Waals surface area contributed by atoms with E-state index in [-0.39, 0.29) is 24.3 Å². The third-order valence-electron chi connectivity index (χ3n) is 3.95. The van der Waals surface area contributed by atoms with Crippen LogP contribution in [-0.2, 0) is 24.2 Å². The minimum absolute atomic E-state index is 0.102. The van der Waals surface area contributed by atoms with Crippen molar-refractivity contribution < 1.29 is 13.6 Å². The van der Waals surface area contributed by atoms with Crippen molar-refractivity contribution in [2.24, 2.45) is 0 Å². The molecule has 2 heterocycles. The molecule has 5 nitrogen and oxygen atoms in total. The number of nitrogens with zero attached hydrogens (tertiary/aromatic N) is 3. The molecule has 120 valence electrons. The number of fused-ring (bicyclic) bond motifs is 1. The first-order chi connectivity index (χ1) is 11.0. The van der Waals surface area contributed by atoms with Gasteiger partial charge in [0.2, 0.25) is 5.91 Å². The number of benzene rings is 1. The Bertz CT molecular complexity index is 751. The molecular formula is C16H16F2N4O. The first-order valence-electron chi connectivity index (χ1n) is 7.36. The van der Waals surface area contributed by atoms with Crippen molar-refractivity contribution >= 4 is 11.7 Å². The van der Waals surface area contributed by atoms with Gasteiger partial charge in [0.25, 0.3) is 0 Å². The molecule has 2 N–H and O–H groups in total. The number of hydrogen-bond donors (Lipinski definition) is 1. The van der Waals surface area contributed by atoms with E-state index in [1.165, 1.54) is 12.1 Å². The number of amides is 1. The molecule has 0 atom stereocenters. The molecule has 0 unspecified atom stereocenters. The highest BCUT2D eigenvalue weighted by molar-refractivity contribution is 5.76. The number of anilines is 1. The molecule has 0 saturated heterocycles. The van der Waals surface area contributed by atoms with E-state index in [9.17, 15) is 13.6 Å². The molecule has 0 radical (unpaired) electrons. The summed E-state index contributed by atoms with van der Waals surface area (Å²) >= 11 is 0. The maximum atomic E-state index is 13.6. The lowest BCUT2D eigenvalue weighted by molar-refractivity contribution is -0.132. The lowest BCUT2D eigenvalue weighted by Gasteiger charge is -2.28. The Labute approximate surface area is 132 Å². The first kappa shape index (κ1) is 15.3. The van der Waals surface area contributed by atoms with E-state index in [1.807, 2.05) is 0 Å². The Morgan fingerprint density at radius 2 is 2.13 bits per heavy atom. The van der Waals surface area contributed by atoms with Gasteiger partial charge >= 0.3 is 0 Å². The summed E-state index contributed by atoms with van der Waals surface area (Å²) in [5.74, 6) is -1.56. The van der Waals surface area contributed by atoms with E-state index < -0.39 is 11.6 Å². The number of rotatable bonds is 3. The Balaban J connectivity index is 1.64. The van der Waals surface area contributed by atoms with Crippen LogP contribution in [0.2, 0.25) is 0 Å². The van der Waals surface area contributed by atoms with E-state index in [4.69, 9.17) is 5.73 Å². The molecule has 1 aromatic carbocycles. The SMILES string of the molecule is Nc1cc2c(nn1)CCN(C(=O)CCc1cccc(F)c1F)C2. The van der Waals surface area contributed by atoms with Crippen LogP contribution in [0.4, 0.5) is 14.6 Å². The van der Waals surface area contributed by atoms with Crippen molar-refractivity contribution in [1.82, 2.24) is 15.1 Å². The minimum atomic E-state index is -0.893. The number of carbonyl (C=O) groups is 1. The zero-order valence-electron chi connectivity index (χ0n) is 12.4. The standard InChI is InChI=1S/C16H16F2N4O/c17-12-3-1-2-10(16(12)18)4-5-15(23)22-7-6-13-11(9-22)8-14(19)21-20-13/h1-3,8H,4-7,9H2,(H2,19,21). The largest absolute Gasteiger partial charge is 0.382 e. The predicted molar refractivity (Wildman–Crippen MR) is 80.2 cm³/mol. The summed E-state index contributed by atoms with van der Waals surface area (Å²) in [7, 11) is 0. The third kappa shape index (κ3) is 3.28. The van der Waals surface area contributed by atoms with Crippen molar-refractivity contribution in [3.63, 3.8) is 0 Å². The minimum Gasteiger partial charge on any atom is -0.382 e. The van der Waals surface area contributed by atoms with Crippen LogP contribution >= 0.6 is 0 Å². The van der Waals surface area contributed by atoms with Crippen LogP contribution in [0.15, 0.2) is 24.3 Å². The zero-order chi connectivity index (χ0) is 16.4. The van der Waals surface area contributed by atoms with E-state index >= 15 is 0 Å². The van der Waals surface area contributed by atoms with Crippen LogP contribution in [0.5, 0.6) is 0 Å². The molecule has 2 aromatic rings. The topological polar surface area (TPSA) is 72.1 Å². The number of carbonyl (C=O) groups excluding carboxylic acids is 1. The fourth-order valence-corrected chi connectivity index (χ4v) is 2.70. The molecule has 1 amide bonds. The van der Waals surface area contributed by atoms with Crippen LogP contribution in [0.25, 0.3) is 0 Å². The van der Waals surface area contributed by atoms with Gasteiger partial charge in [-0.15, -0.1) is 5.10 Å². The summed E-state index contributed by atoms with van der Waals surface area (Å²) in [5, 5.41) is 7.83. The average Bonchev–Trinajstić information content (AvgIpc) is 2.55. The van der Waals surface area contributed by atoms with E-state index in [2.05, 4.69) is 10.2 Å². The number of hydrogen-bond acceptors (Lipinski definition) is 4. The Morgan fingerprint density at radius 3 is 2.96 bits per heavy atom. The number of halogens is 2. The molecule has 1 aliphatic rings. The molecule has 0 bridgehead atoms. The maximum absolute atomic E-state index is 13.6. The van der Waals surface area contributed by atoms with Gasteiger partial charge in [0.1, 0.15) is 5.82 Å². The summed E-state index contributed by atoms with van der Waals surface area (Å²) in [6.45, 7) is 0.954. The molecule has 0 fully saturated rings. The number of aryl methyl sites for hydroxylation is 1. The summed E-state index contributed by atoms with van der Waals surface area (Å²) in [5.41, 5.74) is 7.56. The van der Waals surface area contributed by atoms with Gasteiger partial charge in [-0.3, -0.25) is 4.79 Å². The van der Waals surface area contributed by atoms with Gasteiger partial charge in [-0.2, -0.15) is 5.10 Å². The van der Waals surface area contributed by atoms with Crippen LogP contribution in [0, 0.1) is 11.6 Å². The van der Waals surface area contributed by atoms with Gasteiger partial charge in [-0.25, -0.2) is 8.78 Å². The first-order valence-corrected chi connectivity index (χ1v) is 7.36. The van der Waals surface area contributed by atoms with Crippen molar-refractivity contribution in [2.45, 2.75) is 25.8 Å². The molecule has 0 saturated carbocycles. The number of nitrogen functional groups attached to an aromatic ring is 1. The summed E-state index contributed by atoms with van der Waals surface area (Å²) < 4.78 is 26.8. The summed E-state index contributed by atoms with van der Waals surface area (Å²) in [4.78, 5) is 14.0. The second kappa shape index (κ2) is 6.28. The van der Waals surface area contributed by atoms with Crippen molar-refractivity contribution in [3.05, 3.63) is 52.7 Å². The smallest absolute Gasteiger partial charge is 0.223 e. The van der Waals surface area contributed by atoms with Crippen LogP contribution in [0.1, 0.15) is 23.2 Å². The summed E-state index contributed by atoms with van der Waals surface area (Å²) in [6.07, 6.45) is 0.912. The fraction of sp³-hybridized carbons (Fsp3) is 0.312. The lowest BCUT2D eigenvalue weighted by Crippen LogP contribution is -2.36. The zero-order valence-corrected chi connectivity index (χ0v) is 12.4. The van der Waals surface area contributed by atoms with Crippen molar-refractivity contribution in [1.29, 1.82) is 0 Å². The van der Waals surface area contributed by atoms with Gasteiger partial charge < -0.3 is 10.6 Å². The van der Waals surface area contributed by atoms with Crippen LogP contribution in [0.3, 0.4) is 0 Å². The second-order valence-corrected chi connectivity index (χ2v) is 5.52. The lowest BCUT2D eigenvalue weighted by atomic mass is 10.0. The molecule has 7 heteroatoms. The molecule has 1 aromatic heterocycles. The van der Waals surface area contributed by atoms with Gasteiger partial charge in [0.05, 0.1) is 5.69 Å². The molecule has 0 spiro atoms. The van der Waals surface area contributed by atoms with Gasteiger partial charge in [-0.1, -0.05) is 12.1 Å². The van der Waals surface area contributed by atoms with Gasteiger partial charge in [0, 0.05) is 25.9 Å². The summed E-state index contributed by atoms with van der Waals surface area (Å²) in [6, 6.07) is 5.71. The molecule has 3 rings (SSSR count). The average molecular weight is 318 g/mol. The highest BCUT2D eigenvalue weighted by Gasteiger charge is 2.22. The molecule has 1 aliphatic heterocycles. The van der Waals surface area contributed by atoms with E-state index in [0.29, 0.717) is 25.3 Å². The van der Waals surface area contributed by atoms with E-state index in [1.54, 1.807) is 11.0 Å². The Morgan fingerprint density at radius 1 is 1.30 bits per heavy atom. The predicted octanol–water partition coefficient (Wildman–Crippen LogP) is 1.85. The quantitative estimate of drug-likeness (QED) is 0.937. The second-order valence-electron chi connectivity index (χ2n) is 5.52. The number of nitrogens with two attached hydrogens (primary N) is 1. The maximum Gasteiger partial charge on any atom is 0.223 e. The van der Waals surface area contributed by atoms with Gasteiger partial charge in [0.15, 0.2) is 11.6 Å². The van der Waals surface area contributed by atoms with Crippen LogP contribution in [-0.4, -0.2) is 27.5 Å². The third-order valence-corrected chi connectivity index (χ3v) is 3.95. The van der Waals surface area contributed by atoms with E-state index in [0.717, 1.165) is 17.3 Å². The molecule has 0 aliphatic carbocycles. The molecular weight excluding hydrogens is 302 g/mol. The fourth-order valence-electron chi connectivity index (χ4n) is 2.70. The highest BCUT2D eigenvalue weighted by Crippen LogP contribution is 2.19. The Kier molecular flexibility index (Phi) is 4.18. The molecule has 23 heavy (non-hydrogen) atoms. The van der Waals surface area contributed by atoms with Crippen molar-refractivity contribution in [3.8, 4) is 0 Å². The normalized spacial score (nSPS) is 13.7. The monoisotopic (exact) mass is 318 g/mol. The Hall–Kier alpha value is -2.57. The van der Waals surface area contributed by atoms with Crippen molar-refractivity contribution in [2.75, 3.05) is 12.3 Å². The number of aromatic nitrogens is 2.